The number of aromatic nitrogens is 1. The van der Waals surface area contributed by atoms with Crippen LogP contribution in [-0.4, -0.2) is 54.5 Å². The molecule has 5 rings (SSSR count). The van der Waals surface area contributed by atoms with Crippen LogP contribution in [0.3, 0.4) is 0 Å². The van der Waals surface area contributed by atoms with Crippen molar-refractivity contribution in [2.75, 3.05) is 33.9 Å². The van der Waals surface area contributed by atoms with E-state index in [2.05, 4.69) is 33.7 Å². The fraction of sp³-hybridized carbons (Fsp3) is 0.346. The summed E-state index contributed by atoms with van der Waals surface area (Å²) in [6.45, 7) is 1.11. The minimum atomic E-state index is -0.802. The average molecular weight is 465 g/mol. The molecule has 1 atom stereocenters. The number of nitrogens with zero attached hydrogens (tertiary/aromatic N) is 2. The van der Waals surface area contributed by atoms with Crippen LogP contribution in [-0.2, 0) is 15.1 Å². The molecule has 0 aliphatic carbocycles. The summed E-state index contributed by atoms with van der Waals surface area (Å²) in [5.41, 5.74) is 2.47. The molecule has 0 bridgehead atoms. The second-order valence-electron chi connectivity index (χ2n) is 8.51. The van der Waals surface area contributed by atoms with Crippen molar-refractivity contribution < 1.29 is 28.8 Å². The summed E-state index contributed by atoms with van der Waals surface area (Å²) in [5, 5.41) is 11.1. The number of ether oxygens (including phenoxy) is 4. The highest BCUT2D eigenvalue weighted by Crippen LogP contribution is 2.45. The molecule has 178 valence electrons. The van der Waals surface area contributed by atoms with Crippen molar-refractivity contribution in [2.24, 2.45) is 0 Å². The highest BCUT2D eigenvalue weighted by atomic mass is 16.6. The molecular formula is C26H28N2O6. The number of rotatable bonds is 6. The Morgan fingerprint density at radius 2 is 1.88 bits per heavy atom. The SMILES string of the molecule is COC(=O)COc1ccc(C(O)N2CCC3(CC2)Oc2ccccc2-n2cccc23)cc1OC. The number of fused-ring (bicyclic) bond motifs is 4. The van der Waals surface area contributed by atoms with Crippen LogP contribution in [0.2, 0.25) is 0 Å². The summed E-state index contributed by atoms with van der Waals surface area (Å²) in [5.74, 6) is 1.26. The van der Waals surface area contributed by atoms with Crippen molar-refractivity contribution in [3.8, 4) is 22.9 Å². The lowest BCUT2D eigenvalue weighted by molar-refractivity contribution is -0.142. The molecule has 3 heterocycles. The largest absolute Gasteiger partial charge is 0.493 e. The molecule has 1 fully saturated rings. The molecular weight excluding hydrogens is 436 g/mol. The zero-order valence-corrected chi connectivity index (χ0v) is 19.3. The summed E-state index contributed by atoms with van der Waals surface area (Å²) in [4.78, 5) is 13.4. The van der Waals surface area contributed by atoms with Crippen LogP contribution in [0.1, 0.15) is 30.3 Å². The molecule has 8 heteroatoms. The third-order valence-corrected chi connectivity index (χ3v) is 6.66. The van der Waals surface area contributed by atoms with Crippen LogP contribution in [0.15, 0.2) is 60.8 Å². The van der Waals surface area contributed by atoms with Crippen LogP contribution < -0.4 is 14.2 Å². The molecule has 1 unspecified atom stereocenters. The van der Waals surface area contributed by atoms with Crippen LogP contribution >= 0.6 is 0 Å². The van der Waals surface area contributed by atoms with E-state index in [1.807, 2.05) is 23.1 Å². The van der Waals surface area contributed by atoms with E-state index in [1.54, 1.807) is 18.2 Å². The molecule has 1 N–H and O–H groups in total. The number of para-hydroxylation sites is 2. The molecule has 2 aliphatic rings. The number of methoxy groups -OCH3 is 2. The van der Waals surface area contributed by atoms with Crippen molar-refractivity contribution in [2.45, 2.75) is 24.7 Å². The standard InChI is InChI=1S/C26H28N2O6/c1-31-22-16-18(9-10-21(22)33-17-24(29)32-2)25(30)27-14-11-26(12-15-27)23-8-5-13-28(23)19-6-3-4-7-20(19)34-26/h3-10,13,16,25,30H,11-12,14-15,17H2,1-2H3. The van der Waals surface area contributed by atoms with Crippen molar-refractivity contribution in [1.82, 2.24) is 9.47 Å². The highest BCUT2D eigenvalue weighted by molar-refractivity contribution is 5.71. The van der Waals surface area contributed by atoms with Gasteiger partial charge in [0.1, 0.15) is 12.0 Å². The molecule has 1 spiro atoms. The summed E-state index contributed by atoms with van der Waals surface area (Å²) in [6.07, 6.45) is 2.78. The number of aliphatic hydroxyl groups excluding tert-OH is 1. The van der Waals surface area contributed by atoms with Crippen molar-refractivity contribution in [3.05, 3.63) is 72.1 Å². The Bertz CT molecular complexity index is 1180. The average Bonchev–Trinajstić information content (AvgIpc) is 3.39. The van der Waals surface area contributed by atoms with Gasteiger partial charge in [0.2, 0.25) is 0 Å². The van der Waals surface area contributed by atoms with E-state index >= 15 is 0 Å². The van der Waals surface area contributed by atoms with Crippen molar-refractivity contribution >= 4 is 5.97 Å². The van der Waals surface area contributed by atoms with Gasteiger partial charge in [-0.05, 0) is 42.0 Å². The minimum absolute atomic E-state index is 0.214. The number of likely N-dealkylation sites (tertiary alicyclic amines) is 1. The Hall–Kier alpha value is -3.49. The van der Waals surface area contributed by atoms with Gasteiger partial charge in [-0.15, -0.1) is 0 Å². The number of esters is 1. The third-order valence-electron chi connectivity index (χ3n) is 6.66. The fourth-order valence-electron chi connectivity index (χ4n) is 4.83. The first-order chi connectivity index (χ1) is 16.5. The Balaban J connectivity index is 1.30. The van der Waals surface area contributed by atoms with Gasteiger partial charge in [0.05, 0.1) is 25.6 Å². The molecule has 8 nitrogen and oxygen atoms in total. The second kappa shape index (κ2) is 9.04. The van der Waals surface area contributed by atoms with Gasteiger partial charge >= 0.3 is 5.97 Å². The molecule has 2 aromatic carbocycles. The number of carbonyl (C=O) groups is 1. The van der Waals surface area contributed by atoms with Gasteiger partial charge in [0.25, 0.3) is 0 Å². The number of hydrogen-bond donors (Lipinski definition) is 1. The molecule has 2 aliphatic heterocycles. The summed E-state index contributed by atoms with van der Waals surface area (Å²) in [6, 6.07) is 17.5. The molecule has 0 amide bonds. The number of benzene rings is 2. The Morgan fingerprint density at radius 1 is 1.09 bits per heavy atom. The number of hydrogen-bond acceptors (Lipinski definition) is 7. The van der Waals surface area contributed by atoms with E-state index < -0.39 is 17.8 Å². The Labute approximate surface area is 198 Å². The first-order valence-corrected chi connectivity index (χ1v) is 11.3. The highest BCUT2D eigenvalue weighted by Gasteiger charge is 2.44. The maximum atomic E-state index is 11.4. The van der Waals surface area contributed by atoms with Crippen LogP contribution in [0.4, 0.5) is 0 Å². The van der Waals surface area contributed by atoms with E-state index in [0.717, 1.165) is 30.0 Å². The quantitative estimate of drug-likeness (QED) is 0.560. The van der Waals surface area contributed by atoms with Gasteiger partial charge in [0.15, 0.2) is 23.7 Å². The summed E-state index contributed by atoms with van der Waals surface area (Å²) >= 11 is 0. The number of carbonyl (C=O) groups excluding carboxylic acids is 1. The normalized spacial score (nSPS) is 17.3. The van der Waals surface area contributed by atoms with Gasteiger partial charge < -0.3 is 28.6 Å². The van der Waals surface area contributed by atoms with E-state index in [4.69, 9.17) is 14.2 Å². The van der Waals surface area contributed by atoms with E-state index in [-0.39, 0.29) is 6.61 Å². The zero-order valence-electron chi connectivity index (χ0n) is 19.3. The smallest absolute Gasteiger partial charge is 0.343 e. The molecule has 1 aromatic heterocycles. The summed E-state index contributed by atoms with van der Waals surface area (Å²) < 4.78 is 24.3. The number of piperidine rings is 1. The molecule has 3 aromatic rings. The van der Waals surface area contributed by atoms with Crippen molar-refractivity contribution in [3.63, 3.8) is 0 Å². The van der Waals surface area contributed by atoms with E-state index in [9.17, 15) is 9.90 Å². The molecule has 34 heavy (non-hydrogen) atoms. The van der Waals surface area contributed by atoms with Crippen molar-refractivity contribution in [1.29, 1.82) is 0 Å². The monoisotopic (exact) mass is 464 g/mol. The Morgan fingerprint density at radius 3 is 2.65 bits per heavy atom. The molecule has 0 saturated carbocycles. The molecule has 0 radical (unpaired) electrons. The van der Waals surface area contributed by atoms with Crippen LogP contribution in [0.5, 0.6) is 17.2 Å². The lowest BCUT2D eigenvalue weighted by Gasteiger charge is -2.46. The Kier molecular flexibility index (Phi) is 5.93. The van der Waals surface area contributed by atoms with Gasteiger partial charge in [-0.2, -0.15) is 0 Å². The predicted molar refractivity (Wildman–Crippen MR) is 124 cm³/mol. The van der Waals surface area contributed by atoms with Gasteiger partial charge in [-0.25, -0.2) is 4.79 Å². The van der Waals surface area contributed by atoms with Gasteiger partial charge in [0, 0.05) is 32.1 Å². The zero-order chi connectivity index (χ0) is 23.7. The van der Waals surface area contributed by atoms with Gasteiger partial charge in [-0.1, -0.05) is 18.2 Å². The summed E-state index contributed by atoms with van der Waals surface area (Å²) in [7, 11) is 2.83. The lowest BCUT2D eigenvalue weighted by Crippen LogP contribution is -2.49. The van der Waals surface area contributed by atoms with E-state index in [0.29, 0.717) is 30.2 Å². The topological polar surface area (TPSA) is 82.4 Å². The van der Waals surface area contributed by atoms with E-state index in [1.165, 1.54) is 14.2 Å². The lowest BCUT2D eigenvalue weighted by atomic mass is 9.86. The number of aliphatic hydroxyl groups is 1. The third kappa shape index (κ3) is 3.89. The maximum Gasteiger partial charge on any atom is 0.343 e. The predicted octanol–water partition coefficient (Wildman–Crippen LogP) is 3.41. The molecule has 1 saturated heterocycles. The van der Waals surface area contributed by atoms with Crippen LogP contribution in [0, 0.1) is 0 Å². The maximum absolute atomic E-state index is 11.4. The first-order valence-electron chi connectivity index (χ1n) is 11.3. The second-order valence-corrected chi connectivity index (χ2v) is 8.51. The first kappa shape index (κ1) is 22.3. The van der Waals surface area contributed by atoms with Gasteiger partial charge in [-0.3, -0.25) is 4.90 Å². The fourth-order valence-corrected chi connectivity index (χ4v) is 4.83. The minimum Gasteiger partial charge on any atom is -0.493 e. The van der Waals surface area contributed by atoms with Crippen LogP contribution in [0.25, 0.3) is 5.69 Å².